The molecule has 1 aliphatic heterocycles. The lowest BCUT2D eigenvalue weighted by molar-refractivity contribution is 0.0695. The topological polar surface area (TPSA) is 84.5 Å². The maximum Gasteiger partial charge on any atom is 0.336 e. The molecule has 1 N–H and O–H groups in total. The number of aromatic carboxylic acids is 1. The molecule has 0 amide bonds. The highest BCUT2D eigenvalue weighted by Crippen LogP contribution is 2.30. The van der Waals surface area contributed by atoms with Crippen LogP contribution in [0, 0.1) is 0 Å². The number of anilines is 1. The Hall–Kier alpha value is -2.83. The van der Waals surface area contributed by atoms with Crippen molar-refractivity contribution in [3.05, 3.63) is 61.9 Å². The van der Waals surface area contributed by atoms with Crippen molar-refractivity contribution in [3.63, 3.8) is 0 Å². The van der Waals surface area contributed by atoms with E-state index in [-0.39, 0.29) is 11.2 Å². The molecule has 1 aliphatic rings. The fraction of sp³-hybridized carbons (Fsp3) is 0.353. The van der Waals surface area contributed by atoms with Crippen LogP contribution < -0.4 is 16.1 Å². The number of fused-ring (bicyclic) bond motifs is 1. The quantitative estimate of drug-likeness (QED) is 0.897. The van der Waals surface area contributed by atoms with Gasteiger partial charge in [0.05, 0.1) is 12.1 Å². The first kappa shape index (κ1) is 16.0. The van der Waals surface area contributed by atoms with Crippen LogP contribution in [-0.2, 0) is 27.1 Å². The van der Waals surface area contributed by atoms with Gasteiger partial charge in [0.15, 0.2) is 0 Å². The molecule has 0 spiro atoms. The summed E-state index contributed by atoms with van der Waals surface area (Å²) in [6, 6.07) is 6.68. The molecule has 7 heteroatoms. The molecule has 0 atom stereocenters. The zero-order chi connectivity index (χ0) is 17.4. The van der Waals surface area contributed by atoms with Gasteiger partial charge in [-0.3, -0.25) is 13.9 Å². The molecule has 0 saturated carbocycles. The molecule has 2 aromatic rings. The van der Waals surface area contributed by atoms with Crippen LogP contribution in [0.25, 0.3) is 0 Å². The fourth-order valence-corrected chi connectivity index (χ4v) is 3.19. The van der Waals surface area contributed by atoms with Crippen LogP contribution in [0.4, 0.5) is 5.69 Å². The van der Waals surface area contributed by atoms with Crippen LogP contribution in [0.1, 0.15) is 28.0 Å². The van der Waals surface area contributed by atoms with Crippen molar-refractivity contribution in [2.24, 2.45) is 14.1 Å². The number of hydrogen-bond acceptors (Lipinski definition) is 4. The minimum atomic E-state index is -0.935. The third-order valence-corrected chi connectivity index (χ3v) is 4.56. The van der Waals surface area contributed by atoms with Crippen molar-refractivity contribution in [1.29, 1.82) is 0 Å². The lowest BCUT2D eigenvalue weighted by atomic mass is 9.96. The van der Waals surface area contributed by atoms with E-state index in [1.807, 2.05) is 11.0 Å². The van der Waals surface area contributed by atoms with Gasteiger partial charge in [-0.05, 0) is 30.5 Å². The Morgan fingerprint density at radius 3 is 2.67 bits per heavy atom. The molecule has 0 radical (unpaired) electrons. The monoisotopic (exact) mass is 329 g/mol. The second-order valence-electron chi connectivity index (χ2n) is 6.01. The van der Waals surface area contributed by atoms with Crippen molar-refractivity contribution in [2.75, 3.05) is 11.4 Å². The summed E-state index contributed by atoms with van der Waals surface area (Å²) < 4.78 is 2.52. The molecule has 7 nitrogen and oxygen atoms in total. The van der Waals surface area contributed by atoms with E-state index in [4.69, 9.17) is 0 Å². The number of carboxylic acids is 1. The minimum Gasteiger partial charge on any atom is -0.478 e. The molecular weight excluding hydrogens is 310 g/mol. The average molecular weight is 329 g/mol. The molecule has 0 fully saturated rings. The molecule has 1 aromatic heterocycles. The molecule has 1 aromatic carbocycles. The highest BCUT2D eigenvalue weighted by molar-refractivity contribution is 5.91. The first-order valence-corrected chi connectivity index (χ1v) is 7.76. The van der Waals surface area contributed by atoms with Gasteiger partial charge in [-0.15, -0.1) is 0 Å². The summed E-state index contributed by atoms with van der Waals surface area (Å²) in [5, 5.41) is 9.36. The number of carboxylic acid groups (broad SMARTS) is 1. The van der Waals surface area contributed by atoms with E-state index in [0.717, 1.165) is 28.8 Å². The number of hydrogen-bond donors (Lipinski definition) is 1. The summed E-state index contributed by atoms with van der Waals surface area (Å²) in [6.07, 6.45) is 1.54. The van der Waals surface area contributed by atoms with Crippen molar-refractivity contribution >= 4 is 11.7 Å². The third kappa shape index (κ3) is 2.62. The van der Waals surface area contributed by atoms with Gasteiger partial charge in [0.2, 0.25) is 0 Å². The molecular formula is C17H19N3O4. The van der Waals surface area contributed by atoms with Gasteiger partial charge in [0.25, 0.3) is 5.56 Å². The molecule has 0 bridgehead atoms. The van der Waals surface area contributed by atoms with Crippen LogP contribution in [0.15, 0.2) is 33.9 Å². The summed E-state index contributed by atoms with van der Waals surface area (Å²) in [4.78, 5) is 37.4. The van der Waals surface area contributed by atoms with Crippen molar-refractivity contribution < 1.29 is 9.90 Å². The van der Waals surface area contributed by atoms with Gasteiger partial charge in [-0.2, -0.15) is 0 Å². The molecule has 0 saturated heterocycles. The largest absolute Gasteiger partial charge is 0.478 e. The van der Waals surface area contributed by atoms with Crippen molar-refractivity contribution in [3.8, 4) is 0 Å². The van der Waals surface area contributed by atoms with E-state index in [0.29, 0.717) is 24.2 Å². The fourth-order valence-electron chi connectivity index (χ4n) is 3.19. The van der Waals surface area contributed by atoms with E-state index in [9.17, 15) is 19.5 Å². The summed E-state index contributed by atoms with van der Waals surface area (Å²) in [5.41, 5.74) is 1.88. The Kier molecular flexibility index (Phi) is 4.01. The standard InChI is InChI=1S/C17H19N3O4/c1-18-11(9-15(21)19(2)17(18)24)10-20-8-4-6-12-13(16(22)23)5-3-7-14(12)20/h3,5,7,9H,4,6,8,10H2,1-2H3,(H,22,23). The van der Waals surface area contributed by atoms with Crippen LogP contribution in [0.3, 0.4) is 0 Å². The van der Waals surface area contributed by atoms with Gasteiger partial charge in [-0.25, -0.2) is 9.59 Å². The molecule has 0 unspecified atom stereocenters. The van der Waals surface area contributed by atoms with E-state index < -0.39 is 5.97 Å². The van der Waals surface area contributed by atoms with E-state index in [1.54, 1.807) is 19.2 Å². The van der Waals surface area contributed by atoms with Crippen LogP contribution >= 0.6 is 0 Å². The normalized spacial score (nSPS) is 13.7. The first-order valence-electron chi connectivity index (χ1n) is 7.76. The first-order chi connectivity index (χ1) is 11.4. The maximum absolute atomic E-state index is 12.1. The van der Waals surface area contributed by atoms with E-state index in [2.05, 4.69) is 0 Å². The lowest BCUT2D eigenvalue weighted by Gasteiger charge is -2.32. The number of nitrogens with zero attached hydrogens (tertiary/aromatic N) is 3. The van der Waals surface area contributed by atoms with Crippen LogP contribution in [0.2, 0.25) is 0 Å². The highest BCUT2D eigenvalue weighted by atomic mass is 16.4. The average Bonchev–Trinajstić information content (AvgIpc) is 2.57. The lowest BCUT2D eigenvalue weighted by Crippen LogP contribution is -2.40. The summed E-state index contributed by atoms with van der Waals surface area (Å²) in [6.45, 7) is 1.14. The minimum absolute atomic E-state index is 0.315. The number of rotatable bonds is 3. The van der Waals surface area contributed by atoms with Gasteiger partial charge in [0, 0.05) is 38.1 Å². The Balaban J connectivity index is 2.03. The Labute approximate surface area is 138 Å². The van der Waals surface area contributed by atoms with Gasteiger partial charge >= 0.3 is 11.7 Å². The zero-order valence-electron chi connectivity index (χ0n) is 13.7. The predicted molar refractivity (Wildman–Crippen MR) is 89.7 cm³/mol. The number of carbonyl (C=O) groups is 1. The maximum atomic E-state index is 12.1. The van der Waals surface area contributed by atoms with Crippen LogP contribution in [0.5, 0.6) is 0 Å². The van der Waals surface area contributed by atoms with Gasteiger partial charge in [-0.1, -0.05) is 6.07 Å². The molecule has 2 heterocycles. The third-order valence-electron chi connectivity index (χ3n) is 4.56. The Bertz CT molecular complexity index is 926. The molecule has 3 rings (SSSR count). The SMILES string of the molecule is Cn1c(CN2CCCc3c(C(=O)O)cccc32)cc(=O)n(C)c1=O. The predicted octanol–water partition coefficient (Wildman–Crippen LogP) is 0.735. The highest BCUT2D eigenvalue weighted by Gasteiger charge is 2.22. The Morgan fingerprint density at radius 2 is 1.96 bits per heavy atom. The zero-order valence-corrected chi connectivity index (χ0v) is 13.7. The second kappa shape index (κ2) is 5.99. The smallest absolute Gasteiger partial charge is 0.336 e. The van der Waals surface area contributed by atoms with Crippen molar-refractivity contribution in [2.45, 2.75) is 19.4 Å². The number of aromatic nitrogens is 2. The summed E-state index contributed by atoms with van der Waals surface area (Å²) >= 11 is 0. The summed E-state index contributed by atoms with van der Waals surface area (Å²) in [7, 11) is 3.08. The second-order valence-corrected chi connectivity index (χ2v) is 6.01. The van der Waals surface area contributed by atoms with E-state index >= 15 is 0 Å². The molecule has 126 valence electrons. The van der Waals surface area contributed by atoms with Crippen molar-refractivity contribution in [1.82, 2.24) is 9.13 Å². The number of benzene rings is 1. The Morgan fingerprint density at radius 1 is 1.21 bits per heavy atom. The molecule has 24 heavy (non-hydrogen) atoms. The van der Waals surface area contributed by atoms with Crippen LogP contribution in [-0.4, -0.2) is 26.8 Å². The van der Waals surface area contributed by atoms with Gasteiger partial charge < -0.3 is 10.0 Å². The van der Waals surface area contributed by atoms with E-state index in [1.165, 1.54) is 17.7 Å². The molecule has 0 aliphatic carbocycles. The summed E-state index contributed by atoms with van der Waals surface area (Å²) in [5.74, 6) is -0.935. The van der Waals surface area contributed by atoms with Gasteiger partial charge in [0.1, 0.15) is 0 Å².